The van der Waals surface area contributed by atoms with Gasteiger partial charge in [-0.1, -0.05) is 92.5 Å². The minimum atomic E-state index is -2.09. The summed E-state index contributed by atoms with van der Waals surface area (Å²) in [5, 5.41) is 10.4. The number of rotatable bonds is 1. The molecule has 192 valence electrons. The van der Waals surface area contributed by atoms with Gasteiger partial charge in [0.2, 0.25) is 0 Å². The summed E-state index contributed by atoms with van der Waals surface area (Å²) in [6.45, 7) is 11.7. The van der Waals surface area contributed by atoms with Crippen molar-refractivity contribution >= 4 is 85.6 Å². The van der Waals surface area contributed by atoms with Crippen LogP contribution in [-0.4, -0.2) is 16.9 Å². The Kier molecular flexibility index (Phi) is 4.78. The van der Waals surface area contributed by atoms with Crippen LogP contribution in [0.5, 0.6) is 0 Å². The molecule has 0 radical (unpaired) electrons. The van der Waals surface area contributed by atoms with Crippen molar-refractivity contribution in [1.29, 1.82) is 0 Å². The van der Waals surface area contributed by atoms with E-state index in [9.17, 15) is 0 Å². The van der Waals surface area contributed by atoms with Crippen molar-refractivity contribution in [2.75, 3.05) is 0 Å². The number of hydrogen-bond donors (Lipinski definition) is 0. The van der Waals surface area contributed by atoms with Crippen LogP contribution in [0, 0.1) is 0 Å². The first-order chi connectivity index (χ1) is 19.5. The molecule has 0 atom stereocenters. The maximum absolute atomic E-state index is 4.56. The molecule has 0 fully saturated rings. The number of benzene rings is 4. The number of allylic oxidation sites excluding steroid dienone is 1. The van der Waals surface area contributed by atoms with E-state index < -0.39 is 8.07 Å². The van der Waals surface area contributed by atoms with Crippen LogP contribution < -0.4 is 15.6 Å². The standard InChI is InChI=1S/C37H30N2Si/c1-5-12-28-21-24(2)25-13-10-14-26(22-25)27-15-11-16-29(23-27)39-33-20-9-7-18-31(33)37-35(39)34-36(40(37,3)4)30-17-6-8-19-32(30)38(28)34/h5-23H,2H2,1,3-4H3/b12-5-,28-21?. The van der Waals surface area contributed by atoms with Gasteiger partial charge in [0.15, 0.2) is 0 Å². The van der Waals surface area contributed by atoms with Gasteiger partial charge in [-0.3, -0.25) is 0 Å². The predicted molar refractivity (Wildman–Crippen MR) is 177 cm³/mol. The topological polar surface area (TPSA) is 8.82 Å². The molecule has 0 unspecified atom stereocenters. The highest BCUT2D eigenvalue weighted by Crippen LogP contribution is 2.35. The second-order valence-corrected chi connectivity index (χ2v) is 15.8. The molecule has 3 aromatic heterocycles. The lowest BCUT2D eigenvalue weighted by Crippen LogP contribution is -2.49. The quantitative estimate of drug-likeness (QED) is 0.192. The number of nitrogens with zero attached hydrogens (tertiary/aromatic N) is 2. The molecule has 0 aliphatic carbocycles. The van der Waals surface area contributed by atoms with E-state index in [1.807, 2.05) is 0 Å². The lowest BCUT2D eigenvalue weighted by Gasteiger charge is -2.18. The molecule has 0 amide bonds. The average Bonchev–Trinajstić information content (AvgIpc) is 3.58. The molecular weight excluding hydrogens is 501 g/mol. The first kappa shape index (κ1) is 23.3. The van der Waals surface area contributed by atoms with Crippen LogP contribution in [-0.2, 0) is 0 Å². The number of aromatic nitrogens is 2. The van der Waals surface area contributed by atoms with Gasteiger partial charge < -0.3 is 8.80 Å². The van der Waals surface area contributed by atoms with E-state index in [-0.39, 0.29) is 0 Å². The lowest BCUT2D eigenvalue weighted by atomic mass is 10.1. The predicted octanol–water partition coefficient (Wildman–Crippen LogP) is 7.79. The molecule has 4 aromatic carbocycles. The summed E-state index contributed by atoms with van der Waals surface area (Å²) in [5.74, 6) is 0. The molecule has 3 heteroatoms. The first-order valence-corrected chi connectivity index (χ1v) is 17.0. The van der Waals surface area contributed by atoms with Crippen LogP contribution in [0.25, 0.3) is 67.2 Å². The normalized spacial score (nSPS) is 14.1. The van der Waals surface area contributed by atoms with Crippen LogP contribution in [0.2, 0.25) is 13.1 Å². The van der Waals surface area contributed by atoms with Gasteiger partial charge in [-0.15, -0.1) is 0 Å². The van der Waals surface area contributed by atoms with Crippen molar-refractivity contribution in [3.63, 3.8) is 0 Å². The second kappa shape index (κ2) is 8.20. The van der Waals surface area contributed by atoms with Crippen molar-refractivity contribution < 1.29 is 0 Å². The van der Waals surface area contributed by atoms with Crippen LogP contribution in [0.15, 0.2) is 109 Å². The highest BCUT2D eigenvalue weighted by Gasteiger charge is 2.42. The van der Waals surface area contributed by atoms with Gasteiger partial charge in [0, 0.05) is 22.0 Å². The summed E-state index contributed by atoms with van der Waals surface area (Å²) in [4.78, 5) is 0. The van der Waals surface area contributed by atoms with Gasteiger partial charge in [-0.05, 0) is 81.1 Å². The molecule has 0 saturated heterocycles. The fourth-order valence-electron chi connectivity index (χ4n) is 7.20. The highest BCUT2D eigenvalue weighted by molar-refractivity contribution is 7.07. The highest BCUT2D eigenvalue weighted by atomic mass is 28.3. The summed E-state index contributed by atoms with van der Waals surface area (Å²) in [6, 6.07) is 38.1. The maximum Gasteiger partial charge on any atom is 0.119 e. The largest absolute Gasteiger partial charge is 0.308 e. The fourth-order valence-corrected chi connectivity index (χ4v) is 10.9. The van der Waals surface area contributed by atoms with Crippen molar-refractivity contribution in [3.8, 4) is 0 Å². The Morgan fingerprint density at radius 3 is 1.90 bits per heavy atom. The van der Waals surface area contributed by atoms with Crippen LogP contribution in [0.3, 0.4) is 0 Å². The van der Waals surface area contributed by atoms with Crippen LogP contribution in [0.4, 0.5) is 0 Å². The van der Waals surface area contributed by atoms with E-state index in [0.717, 1.165) is 16.3 Å². The number of para-hydroxylation sites is 2. The summed E-state index contributed by atoms with van der Waals surface area (Å²) < 4.78 is 5.05. The molecule has 4 heterocycles. The molecule has 4 bridgehead atoms. The minimum absolute atomic E-state index is 1.01. The van der Waals surface area contributed by atoms with Crippen molar-refractivity contribution in [1.82, 2.24) is 8.80 Å². The zero-order chi connectivity index (χ0) is 27.2. The molecule has 1 aliphatic rings. The Balaban J connectivity index is 1.85. The van der Waals surface area contributed by atoms with E-state index in [4.69, 9.17) is 0 Å². The van der Waals surface area contributed by atoms with Gasteiger partial charge in [-0.25, -0.2) is 0 Å². The summed E-state index contributed by atoms with van der Waals surface area (Å²) in [6.07, 6.45) is 4.38. The van der Waals surface area contributed by atoms with Gasteiger partial charge >= 0.3 is 0 Å². The third-order valence-electron chi connectivity index (χ3n) is 8.81. The van der Waals surface area contributed by atoms with Gasteiger partial charge in [0.25, 0.3) is 0 Å². The number of hydrogen-bond acceptors (Lipinski definition) is 0. The Hall–Kier alpha value is -4.60. The van der Waals surface area contributed by atoms with Gasteiger partial charge in [0.1, 0.15) is 8.07 Å². The van der Waals surface area contributed by atoms with Gasteiger partial charge in [-0.2, -0.15) is 0 Å². The smallest absolute Gasteiger partial charge is 0.119 e. The van der Waals surface area contributed by atoms with E-state index >= 15 is 0 Å². The Labute approximate surface area is 234 Å². The fraction of sp³-hybridized carbons (Fsp3) is 0.0811. The first-order valence-electron chi connectivity index (χ1n) is 14.0. The Morgan fingerprint density at radius 1 is 0.625 bits per heavy atom. The van der Waals surface area contributed by atoms with Crippen molar-refractivity contribution in [2.24, 2.45) is 0 Å². The van der Waals surface area contributed by atoms with Crippen LogP contribution in [0.1, 0.15) is 12.6 Å². The van der Waals surface area contributed by atoms with Crippen LogP contribution >= 0.6 is 0 Å². The Bertz CT molecular complexity index is 2380. The molecule has 7 aromatic rings. The molecule has 1 aliphatic heterocycles. The molecule has 0 spiro atoms. The molecule has 8 rings (SSSR count). The molecule has 0 N–H and O–H groups in total. The maximum atomic E-state index is 4.56. The zero-order valence-corrected chi connectivity index (χ0v) is 24.1. The second-order valence-electron chi connectivity index (χ2n) is 11.5. The number of fused-ring (bicyclic) bond motifs is 12. The Morgan fingerprint density at radius 2 is 1.20 bits per heavy atom. The molecule has 2 nitrogen and oxygen atoms in total. The summed E-state index contributed by atoms with van der Waals surface area (Å²) in [5.41, 5.74) is 7.54. The van der Waals surface area contributed by atoms with E-state index in [1.165, 1.54) is 59.5 Å². The van der Waals surface area contributed by atoms with E-state index in [1.54, 1.807) is 0 Å². The van der Waals surface area contributed by atoms with Gasteiger partial charge in [0.05, 0.1) is 22.1 Å². The SMILES string of the molecule is C=c1cc(/C=C\C)n2c3ccccc3c3c2c2c(c4ccccc4n2c2cccc(c2)c2cccc1c2)[Si]3(C)C. The third-order valence-corrected chi connectivity index (χ3v) is 12.3. The molecular formula is C37H30N2Si. The lowest BCUT2D eigenvalue weighted by molar-refractivity contribution is 1.23. The molecule has 40 heavy (non-hydrogen) atoms. The molecule has 0 saturated carbocycles. The van der Waals surface area contributed by atoms with E-state index in [2.05, 4.69) is 151 Å². The zero-order valence-electron chi connectivity index (χ0n) is 23.1. The monoisotopic (exact) mass is 530 g/mol. The van der Waals surface area contributed by atoms with Crippen molar-refractivity contribution in [2.45, 2.75) is 20.0 Å². The minimum Gasteiger partial charge on any atom is -0.308 e. The third kappa shape index (κ3) is 2.98. The van der Waals surface area contributed by atoms with Crippen molar-refractivity contribution in [3.05, 3.63) is 120 Å². The summed E-state index contributed by atoms with van der Waals surface area (Å²) in [7, 11) is -2.09. The van der Waals surface area contributed by atoms with E-state index in [0.29, 0.717) is 0 Å². The average molecular weight is 531 g/mol. The summed E-state index contributed by atoms with van der Waals surface area (Å²) >= 11 is 0.